The van der Waals surface area contributed by atoms with Crippen LogP contribution in [0, 0.1) is 6.92 Å². The molecule has 0 aromatic carbocycles. The molecule has 1 aromatic rings. The first-order valence-corrected chi connectivity index (χ1v) is 7.97. The Morgan fingerprint density at radius 3 is 2.50 bits per heavy atom. The molecule has 3 heterocycles. The van der Waals surface area contributed by atoms with Gasteiger partial charge in [-0.15, -0.1) is 0 Å². The minimum atomic E-state index is -0.156. The number of hydrogen-bond donors (Lipinski definition) is 1. The van der Waals surface area contributed by atoms with Gasteiger partial charge in [-0.2, -0.15) is 0 Å². The van der Waals surface area contributed by atoms with Crippen molar-refractivity contribution in [3.63, 3.8) is 0 Å². The maximum Gasteiger partial charge on any atom is 0.137 e. The molecule has 2 aliphatic heterocycles. The zero-order chi connectivity index (χ0) is 14.3. The van der Waals surface area contributed by atoms with Gasteiger partial charge in [0.2, 0.25) is 0 Å². The highest BCUT2D eigenvalue weighted by Crippen LogP contribution is 2.40. The lowest BCUT2D eigenvalue weighted by atomic mass is 9.99. The van der Waals surface area contributed by atoms with Crippen molar-refractivity contribution in [1.82, 2.24) is 9.97 Å². The number of piperidine rings is 1. The Kier molecular flexibility index (Phi) is 3.87. The van der Waals surface area contributed by atoms with Gasteiger partial charge in [0.25, 0.3) is 0 Å². The van der Waals surface area contributed by atoms with Crippen molar-refractivity contribution in [2.75, 3.05) is 4.90 Å². The van der Waals surface area contributed by atoms with Crippen LogP contribution in [0.5, 0.6) is 0 Å². The van der Waals surface area contributed by atoms with Gasteiger partial charge in [0.05, 0.1) is 6.10 Å². The molecule has 20 heavy (non-hydrogen) atoms. The number of hydrogen-bond acceptors (Lipinski definition) is 4. The molecule has 5 heteroatoms. The van der Waals surface area contributed by atoms with Crippen molar-refractivity contribution in [3.05, 3.63) is 16.5 Å². The Morgan fingerprint density at radius 2 is 1.90 bits per heavy atom. The second kappa shape index (κ2) is 5.49. The van der Waals surface area contributed by atoms with E-state index in [0.717, 1.165) is 55.7 Å². The van der Waals surface area contributed by atoms with E-state index in [2.05, 4.69) is 16.8 Å². The molecule has 0 radical (unpaired) electrons. The molecule has 0 saturated carbocycles. The van der Waals surface area contributed by atoms with Gasteiger partial charge in [-0.05, 0) is 39.0 Å². The number of halogens is 1. The van der Waals surface area contributed by atoms with Gasteiger partial charge < -0.3 is 10.0 Å². The minimum Gasteiger partial charge on any atom is -0.393 e. The number of aliphatic hydroxyl groups excluding tert-OH is 1. The van der Waals surface area contributed by atoms with Gasteiger partial charge in [-0.3, -0.25) is 0 Å². The lowest BCUT2D eigenvalue weighted by Crippen LogP contribution is -2.45. The van der Waals surface area contributed by atoms with E-state index >= 15 is 0 Å². The molecule has 2 bridgehead atoms. The van der Waals surface area contributed by atoms with Crippen LogP contribution >= 0.6 is 11.6 Å². The fraction of sp³-hybridized carbons (Fsp3) is 0.733. The number of aryl methyl sites for hydroxylation is 1. The van der Waals surface area contributed by atoms with Crippen LogP contribution in [0.1, 0.15) is 50.4 Å². The monoisotopic (exact) mass is 295 g/mol. The first-order chi connectivity index (χ1) is 9.60. The number of nitrogens with zero attached hydrogens (tertiary/aromatic N) is 3. The Bertz CT molecular complexity index is 494. The van der Waals surface area contributed by atoms with Crippen LogP contribution in [0.2, 0.25) is 5.15 Å². The van der Waals surface area contributed by atoms with Crippen LogP contribution in [-0.2, 0) is 6.42 Å². The molecular formula is C15H22ClN3O. The average Bonchev–Trinajstić information content (AvgIpc) is 2.66. The molecular weight excluding hydrogens is 274 g/mol. The van der Waals surface area contributed by atoms with E-state index in [1.165, 1.54) is 0 Å². The topological polar surface area (TPSA) is 49.2 Å². The van der Waals surface area contributed by atoms with E-state index in [-0.39, 0.29) is 6.10 Å². The molecule has 0 amide bonds. The summed E-state index contributed by atoms with van der Waals surface area (Å²) < 4.78 is 0. The number of anilines is 1. The quantitative estimate of drug-likeness (QED) is 0.871. The highest BCUT2D eigenvalue weighted by molar-refractivity contribution is 6.30. The van der Waals surface area contributed by atoms with E-state index in [9.17, 15) is 5.11 Å². The third kappa shape index (κ3) is 2.40. The van der Waals surface area contributed by atoms with Crippen molar-refractivity contribution < 1.29 is 5.11 Å². The summed E-state index contributed by atoms with van der Waals surface area (Å²) in [7, 11) is 0. The Labute approximate surface area is 125 Å². The molecule has 110 valence electrons. The fourth-order valence-corrected chi connectivity index (χ4v) is 3.78. The summed E-state index contributed by atoms with van der Waals surface area (Å²) in [4.78, 5) is 11.5. The molecule has 1 aromatic heterocycles. The summed E-state index contributed by atoms with van der Waals surface area (Å²) in [5.41, 5.74) is 0.972. The van der Waals surface area contributed by atoms with Gasteiger partial charge in [0, 0.05) is 24.1 Å². The van der Waals surface area contributed by atoms with Crippen molar-refractivity contribution in [1.29, 1.82) is 0 Å². The molecule has 2 fully saturated rings. The average molecular weight is 296 g/mol. The molecule has 2 saturated heterocycles. The number of aromatic nitrogens is 2. The molecule has 1 N–H and O–H groups in total. The highest BCUT2D eigenvalue weighted by atomic mass is 35.5. The molecule has 0 aliphatic carbocycles. The second-order valence-electron chi connectivity index (χ2n) is 6.05. The van der Waals surface area contributed by atoms with E-state index < -0.39 is 0 Å². The van der Waals surface area contributed by atoms with Gasteiger partial charge in [-0.25, -0.2) is 9.97 Å². The molecule has 4 nitrogen and oxygen atoms in total. The van der Waals surface area contributed by atoms with Crippen LogP contribution in [0.15, 0.2) is 0 Å². The van der Waals surface area contributed by atoms with Crippen molar-refractivity contribution >= 4 is 17.4 Å². The van der Waals surface area contributed by atoms with E-state index in [1.54, 1.807) is 0 Å². The summed E-state index contributed by atoms with van der Waals surface area (Å²) in [6, 6.07) is 0.811. The second-order valence-corrected chi connectivity index (χ2v) is 6.40. The summed E-state index contributed by atoms with van der Waals surface area (Å²) >= 11 is 6.29. The summed E-state index contributed by atoms with van der Waals surface area (Å²) in [5, 5.41) is 10.5. The predicted octanol–water partition coefficient (Wildman–Crippen LogP) is 2.88. The molecule has 3 rings (SSSR count). The SMILES string of the molecule is CCCc1nc(Cl)c(C)c(N2C3CCC2CC(O)C3)n1. The molecule has 2 aliphatic rings. The Hall–Kier alpha value is -0.870. The van der Waals surface area contributed by atoms with Gasteiger partial charge >= 0.3 is 0 Å². The largest absolute Gasteiger partial charge is 0.393 e. The van der Waals surface area contributed by atoms with Gasteiger partial charge in [0.1, 0.15) is 16.8 Å². The van der Waals surface area contributed by atoms with Crippen LogP contribution in [0.25, 0.3) is 0 Å². The first-order valence-electron chi connectivity index (χ1n) is 7.59. The van der Waals surface area contributed by atoms with Crippen LogP contribution in [-0.4, -0.2) is 33.3 Å². The lowest BCUT2D eigenvalue weighted by Gasteiger charge is -2.39. The van der Waals surface area contributed by atoms with Crippen LogP contribution in [0.4, 0.5) is 5.82 Å². The van der Waals surface area contributed by atoms with Crippen molar-refractivity contribution in [3.8, 4) is 0 Å². The maximum atomic E-state index is 9.93. The van der Waals surface area contributed by atoms with Crippen LogP contribution in [0.3, 0.4) is 0 Å². The van der Waals surface area contributed by atoms with Crippen molar-refractivity contribution in [2.24, 2.45) is 0 Å². The normalized spacial score (nSPS) is 29.0. The minimum absolute atomic E-state index is 0.156. The zero-order valence-corrected chi connectivity index (χ0v) is 12.9. The summed E-state index contributed by atoms with van der Waals surface area (Å²) in [5.74, 6) is 1.83. The third-order valence-electron chi connectivity index (χ3n) is 4.53. The predicted molar refractivity (Wildman–Crippen MR) is 80.3 cm³/mol. The van der Waals surface area contributed by atoms with Gasteiger partial charge in [0.15, 0.2) is 0 Å². The number of fused-ring (bicyclic) bond motifs is 2. The van der Waals surface area contributed by atoms with E-state index in [1.807, 2.05) is 6.92 Å². The van der Waals surface area contributed by atoms with Gasteiger partial charge in [-0.1, -0.05) is 18.5 Å². The standard InChI is InChI=1S/C15H22ClN3O/c1-3-4-13-17-14(16)9(2)15(18-13)19-10-5-6-11(19)8-12(20)7-10/h10-12,20H,3-8H2,1-2H3. The smallest absolute Gasteiger partial charge is 0.137 e. The molecule has 2 atom stereocenters. The number of rotatable bonds is 3. The summed E-state index contributed by atoms with van der Waals surface area (Å²) in [6.45, 7) is 4.12. The Morgan fingerprint density at radius 1 is 1.25 bits per heavy atom. The molecule has 0 spiro atoms. The fourth-order valence-electron chi connectivity index (χ4n) is 3.60. The summed E-state index contributed by atoms with van der Waals surface area (Å²) in [6.07, 6.45) is 5.71. The van der Waals surface area contributed by atoms with E-state index in [0.29, 0.717) is 17.2 Å². The van der Waals surface area contributed by atoms with Crippen molar-refractivity contribution in [2.45, 2.75) is 70.6 Å². The zero-order valence-electron chi connectivity index (χ0n) is 12.1. The first kappa shape index (κ1) is 14.1. The van der Waals surface area contributed by atoms with Crippen LogP contribution < -0.4 is 4.90 Å². The lowest BCUT2D eigenvalue weighted by molar-refractivity contribution is 0.126. The highest BCUT2D eigenvalue weighted by Gasteiger charge is 2.41. The maximum absolute atomic E-state index is 9.93. The number of aliphatic hydroxyl groups is 1. The molecule has 2 unspecified atom stereocenters. The Balaban J connectivity index is 1.97. The third-order valence-corrected chi connectivity index (χ3v) is 4.90. The van der Waals surface area contributed by atoms with E-state index in [4.69, 9.17) is 16.6 Å².